The molecule has 5 heteroatoms. The van der Waals surface area contributed by atoms with Crippen LogP contribution in [0.4, 0.5) is 11.4 Å². The molecule has 0 amide bonds. The Morgan fingerprint density at radius 1 is 1.18 bits per heavy atom. The number of benzene rings is 2. The normalized spacial score (nSPS) is 10.7. The Labute approximate surface area is 138 Å². The van der Waals surface area contributed by atoms with Crippen LogP contribution < -0.4 is 4.90 Å². The molecule has 0 bridgehead atoms. The van der Waals surface area contributed by atoms with Crippen molar-refractivity contribution < 1.29 is 9.53 Å². The Morgan fingerprint density at radius 2 is 1.86 bits per heavy atom. The lowest BCUT2D eigenvalue weighted by Crippen LogP contribution is -2.09. The number of anilines is 1. The summed E-state index contributed by atoms with van der Waals surface area (Å²) in [6, 6.07) is 13.0. The van der Waals surface area contributed by atoms with E-state index >= 15 is 0 Å². The topological polar surface area (TPSA) is 41.9 Å². The van der Waals surface area contributed by atoms with Crippen molar-refractivity contribution in [1.82, 2.24) is 0 Å². The zero-order valence-corrected chi connectivity index (χ0v) is 14.3. The van der Waals surface area contributed by atoms with E-state index in [1.807, 2.05) is 37.2 Å². The Kier molecular flexibility index (Phi) is 5.33. The van der Waals surface area contributed by atoms with Gasteiger partial charge in [-0.2, -0.15) is 0 Å². The van der Waals surface area contributed by atoms with Crippen LogP contribution >= 0.6 is 15.9 Å². The van der Waals surface area contributed by atoms with Gasteiger partial charge < -0.3 is 9.64 Å². The number of carbonyl (C=O) groups is 1. The number of hydrogen-bond donors (Lipinski definition) is 0. The standard InChI is InChI=1S/C17H17BrN2O2/c1-20(2)16-9-4-12(10-15(16)18)11-19-14-7-5-13(6-8-14)17(21)22-3/h4-11H,1-3H3. The number of rotatable bonds is 4. The zero-order chi connectivity index (χ0) is 16.1. The van der Waals surface area contributed by atoms with Crippen molar-refractivity contribution in [2.45, 2.75) is 0 Å². The van der Waals surface area contributed by atoms with Crippen LogP contribution in [0.1, 0.15) is 15.9 Å². The maximum atomic E-state index is 11.4. The van der Waals surface area contributed by atoms with E-state index in [9.17, 15) is 4.79 Å². The second-order valence-electron chi connectivity index (χ2n) is 4.90. The number of esters is 1. The average Bonchev–Trinajstić information content (AvgIpc) is 2.52. The number of carbonyl (C=O) groups excluding carboxylic acids is 1. The molecule has 22 heavy (non-hydrogen) atoms. The predicted octanol–water partition coefficient (Wildman–Crippen LogP) is 4.05. The highest BCUT2D eigenvalue weighted by atomic mass is 79.9. The van der Waals surface area contributed by atoms with E-state index in [1.54, 1.807) is 30.5 Å². The van der Waals surface area contributed by atoms with Crippen molar-refractivity contribution in [2.75, 3.05) is 26.1 Å². The monoisotopic (exact) mass is 360 g/mol. The molecule has 0 N–H and O–H groups in total. The summed E-state index contributed by atoms with van der Waals surface area (Å²) in [5.41, 5.74) is 3.40. The van der Waals surface area contributed by atoms with E-state index in [0.29, 0.717) is 5.56 Å². The van der Waals surface area contributed by atoms with Crippen LogP contribution in [-0.2, 0) is 4.74 Å². The largest absolute Gasteiger partial charge is 0.465 e. The first-order chi connectivity index (χ1) is 10.5. The van der Waals surface area contributed by atoms with Crippen LogP contribution in [-0.4, -0.2) is 33.4 Å². The van der Waals surface area contributed by atoms with Gasteiger partial charge in [0.05, 0.1) is 24.0 Å². The van der Waals surface area contributed by atoms with Crippen molar-refractivity contribution in [1.29, 1.82) is 0 Å². The second-order valence-corrected chi connectivity index (χ2v) is 5.76. The summed E-state index contributed by atoms with van der Waals surface area (Å²) in [4.78, 5) is 17.8. The maximum absolute atomic E-state index is 11.4. The van der Waals surface area contributed by atoms with Gasteiger partial charge >= 0.3 is 5.97 Å². The minimum absolute atomic E-state index is 0.348. The molecule has 0 saturated carbocycles. The van der Waals surface area contributed by atoms with E-state index in [-0.39, 0.29) is 5.97 Å². The fraction of sp³-hybridized carbons (Fsp3) is 0.176. The molecular formula is C17H17BrN2O2. The average molecular weight is 361 g/mol. The molecule has 0 aliphatic rings. The van der Waals surface area contributed by atoms with Gasteiger partial charge in [-0.1, -0.05) is 6.07 Å². The number of aliphatic imine (C=N–C) groups is 1. The molecule has 0 unspecified atom stereocenters. The highest BCUT2D eigenvalue weighted by molar-refractivity contribution is 9.10. The first kappa shape index (κ1) is 16.2. The van der Waals surface area contributed by atoms with Crippen LogP contribution in [0.2, 0.25) is 0 Å². The first-order valence-electron chi connectivity index (χ1n) is 6.70. The van der Waals surface area contributed by atoms with Crippen LogP contribution in [0.25, 0.3) is 0 Å². The Balaban J connectivity index is 2.15. The van der Waals surface area contributed by atoms with E-state index in [1.165, 1.54) is 7.11 Å². The lowest BCUT2D eigenvalue weighted by molar-refractivity contribution is 0.0601. The molecule has 0 fully saturated rings. The summed E-state index contributed by atoms with van der Waals surface area (Å²) in [6.07, 6.45) is 1.79. The van der Waals surface area contributed by atoms with E-state index in [0.717, 1.165) is 21.4 Å². The van der Waals surface area contributed by atoms with Crippen LogP contribution in [0, 0.1) is 0 Å². The summed E-state index contributed by atoms with van der Waals surface area (Å²) < 4.78 is 5.68. The predicted molar refractivity (Wildman–Crippen MR) is 93.5 cm³/mol. The molecule has 0 atom stereocenters. The molecule has 0 aliphatic carbocycles. The van der Waals surface area contributed by atoms with Crippen molar-refractivity contribution in [3.8, 4) is 0 Å². The van der Waals surface area contributed by atoms with Gasteiger partial charge in [-0.05, 0) is 57.9 Å². The number of ether oxygens (including phenoxy) is 1. The summed E-state index contributed by atoms with van der Waals surface area (Å²) in [5, 5.41) is 0. The molecule has 0 spiro atoms. The molecule has 2 rings (SSSR count). The molecule has 2 aromatic carbocycles. The van der Waals surface area contributed by atoms with Crippen LogP contribution in [0.3, 0.4) is 0 Å². The third kappa shape index (κ3) is 3.95. The summed E-state index contributed by atoms with van der Waals surface area (Å²) >= 11 is 3.55. The fourth-order valence-electron chi connectivity index (χ4n) is 1.92. The highest BCUT2D eigenvalue weighted by Gasteiger charge is 2.04. The third-order valence-electron chi connectivity index (χ3n) is 3.10. The summed E-state index contributed by atoms with van der Waals surface area (Å²) in [7, 11) is 5.36. The molecule has 4 nitrogen and oxygen atoms in total. The lowest BCUT2D eigenvalue weighted by atomic mass is 10.2. The molecule has 114 valence electrons. The molecular weight excluding hydrogens is 344 g/mol. The van der Waals surface area contributed by atoms with Gasteiger partial charge in [0.1, 0.15) is 0 Å². The summed E-state index contributed by atoms with van der Waals surface area (Å²) in [6.45, 7) is 0. The smallest absolute Gasteiger partial charge is 0.337 e. The van der Waals surface area contributed by atoms with Gasteiger partial charge in [-0.15, -0.1) is 0 Å². The van der Waals surface area contributed by atoms with Crippen LogP contribution in [0.5, 0.6) is 0 Å². The second kappa shape index (κ2) is 7.22. The van der Waals surface area contributed by atoms with Gasteiger partial charge in [-0.3, -0.25) is 4.99 Å². The molecule has 0 aliphatic heterocycles. The lowest BCUT2D eigenvalue weighted by Gasteiger charge is -2.14. The van der Waals surface area contributed by atoms with E-state index in [2.05, 4.69) is 25.7 Å². The Morgan fingerprint density at radius 3 is 2.41 bits per heavy atom. The van der Waals surface area contributed by atoms with Gasteiger partial charge in [-0.25, -0.2) is 4.79 Å². The minimum atomic E-state index is -0.348. The summed E-state index contributed by atoms with van der Waals surface area (Å²) in [5.74, 6) is -0.348. The van der Waals surface area contributed by atoms with Crippen molar-refractivity contribution in [3.63, 3.8) is 0 Å². The molecule has 2 aromatic rings. The minimum Gasteiger partial charge on any atom is -0.465 e. The molecule has 0 heterocycles. The highest BCUT2D eigenvalue weighted by Crippen LogP contribution is 2.25. The Hall–Kier alpha value is -2.14. The zero-order valence-electron chi connectivity index (χ0n) is 12.7. The van der Waals surface area contributed by atoms with Crippen molar-refractivity contribution in [3.05, 3.63) is 58.1 Å². The molecule has 0 aromatic heterocycles. The number of methoxy groups -OCH3 is 1. The number of nitrogens with zero attached hydrogens (tertiary/aromatic N) is 2. The van der Waals surface area contributed by atoms with Crippen molar-refractivity contribution >= 4 is 39.5 Å². The number of hydrogen-bond acceptors (Lipinski definition) is 4. The third-order valence-corrected chi connectivity index (χ3v) is 3.74. The van der Waals surface area contributed by atoms with E-state index in [4.69, 9.17) is 0 Å². The maximum Gasteiger partial charge on any atom is 0.337 e. The quantitative estimate of drug-likeness (QED) is 0.609. The molecule has 0 saturated heterocycles. The van der Waals surface area contributed by atoms with Gasteiger partial charge in [0.2, 0.25) is 0 Å². The SMILES string of the molecule is COC(=O)c1ccc(N=Cc2ccc(N(C)C)c(Br)c2)cc1. The van der Waals surface area contributed by atoms with Crippen LogP contribution in [0.15, 0.2) is 51.9 Å². The first-order valence-corrected chi connectivity index (χ1v) is 7.50. The molecule has 0 radical (unpaired) electrons. The fourth-order valence-corrected chi connectivity index (χ4v) is 2.67. The number of halogens is 1. The van der Waals surface area contributed by atoms with E-state index < -0.39 is 0 Å². The van der Waals surface area contributed by atoms with Crippen molar-refractivity contribution in [2.24, 2.45) is 4.99 Å². The van der Waals surface area contributed by atoms with Gasteiger partial charge in [0, 0.05) is 24.8 Å². The van der Waals surface area contributed by atoms with Gasteiger partial charge in [0.15, 0.2) is 0 Å². The Bertz CT molecular complexity index is 694. The van der Waals surface area contributed by atoms with Gasteiger partial charge in [0.25, 0.3) is 0 Å².